The molecule has 0 aliphatic heterocycles. The molecule has 0 N–H and O–H groups in total. The SMILES string of the molecule is CC(=O)c1c(F)cccc1-c1ccc(F)cc1F. The average Bonchev–Trinajstić information content (AvgIpc) is 2.28. The molecule has 2 rings (SSSR count). The van der Waals surface area contributed by atoms with E-state index < -0.39 is 23.2 Å². The third-order valence-electron chi connectivity index (χ3n) is 2.59. The molecule has 2 aromatic rings. The minimum Gasteiger partial charge on any atom is -0.294 e. The summed E-state index contributed by atoms with van der Waals surface area (Å²) in [5.74, 6) is -2.78. The summed E-state index contributed by atoms with van der Waals surface area (Å²) < 4.78 is 40.0. The van der Waals surface area contributed by atoms with E-state index in [2.05, 4.69) is 0 Å². The van der Waals surface area contributed by atoms with Crippen molar-refractivity contribution in [2.45, 2.75) is 6.92 Å². The summed E-state index contributed by atoms with van der Waals surface area (Å²) in [6.07, 6.45) is 0. The first-order valence-electron chi connectivity index (χ1n) is 5.25. The molecule has 0 spiro atoms. The van der Waals surface area contributed by atoms with Crippen LogP contribution in [0, 0.1) is 17.5 Å². The van der Waals surface area contributed by atoms with Gasteiger partial charge in [-0.3, -0.25) is 4.79 Å². The van der Waals surface area contributed by atoms with Gasteiger partial charge in [0.15, 0.2) is 5.78 Å². The zero-order valence-electron chi connectivity index (χ0n) is 9.51. The van der Waals surface area contributed by atoms with Crippen molar-refractivity contribution in [1.29, 1.82) is 0 Å². The van der Waals surface area contributed by atoms with Crippen LogP contribution < -0.4 is 0 Å². The van der Waals surface area contributed by atoms with E-state index in [1.54, 1.807) is 0 Å². The molecule has 0 bridgehead atoms. The molecule has 0 amide bonds. The van der Waals surface area contributed by atoms with Crippen molar-refractivity contribution >= 4 is 5.78 Å². The van der Waals surface area contributed by atoms with Gasteiger partial charge in [0.2, 0.25) is 0 Å². The number of ketones is 1. The lowest BCUT2D eigenvalue weighted by atomic mass is 9.96. The zero-order valence-corrected chi connectivity index (χ0v) is 9.51. The van der Waals surface area contributed by atoms with Crippen LogP contribution in [0.1, 0.15) is 17.3 Å². The van der Waals surface area contributed by atoms with E-state index in [4.69, 9.17) is 0 Å². The van der Waals surface area contributed by atoms with E-state index in [9.17, 15) is 18.0 Å². The summed E-state index contributed by atoms with van der Waals surface area (Å²) in [4.78, 5) is 11.4. The fraction of sp³-hybridized carbons (Fsp3) is 0.0714. The van der Waals surface area contributed by atoms with Gasteiger partial charge in [-0.15, -0.1) is 0 Å². The highest BCUT2D eigenvalue weighted by Gasteiger charge is 2.16. The molecule has 0 heterocycles. The maximum absolute atomic E-state index is 13.6. The molecule has 0 unspecified atom stereocenters. The third kappa shape index (κ3) is 2.14. The molecule has 0 atom stereocenters. The molecule has 0 aromatic heterocycles. The second-order valence-electron chi connectivity index (χ2n) is 3.84. The third-order valence-corrected chi connectivity index (χ3v) is 2.59. The van der Waals surface area contributed by atoms with Crippen LogP contribution in [0.5, 0.6) is 0 Å². The number of Topliss-reactive ketones (excluding diaryl/α,β-unsaturated/α-hetero) is 1. The van der Waals surface area contributed by atoms with Crippen LogP contribution in [-0.2, 0) is 0 Å². The summed E-state index contributed by atoms with van der Waals surface area (Å²) in [6, 6.07) is 6.88. The predicted molar refractivity (Wildman–Crippen MR) is 61.8 cm³/mol. The number of carbonyl (C=O) groups excluding carboxylic acids is 1. The normalized spacial score (nSPS) is 10.4. The molecule has 1 nitrogen and oxygen atoms in total. The smallest absolute Gasteiger partial charge is 0.163 e. The van der Waals surface area contributed by atoms with Gasteiger partial charge in [-0.05, 0) is 30.7 Å². The fourth-order valence-electron chi connectivity index (χ4n) is 1.81. The zero-order chi connectivity index (χ0) is 13.3. The topological polar surface area (TPSA) is 17.1 Å². The van der Waals surface area contributed by atoms with Gasteiger partial charge in [-0.25, -0.2) is 13.2 Å². The number of rotatable bonds is 2. The molecule has 0 aliphatic rings. The lowest BCUT2D eigenvalue weighted by Crippen LogP contribution is -2.01. The van der Waals surface area contributed by atoms with Gasteiger partial charge in [0.1, 0.15) is 17.5 Å². The predicted octanol–water partition coefficient (Wildman–Crippen LogP) is 3.97. The maximum Gasteiger partial charge on any atom is 0.163 e. The van der Waals surface area contributed by atoms with Gasteiger partial charge in [-0.2, -0.15) is 0 Å². The van der Waals surface area contributed by atoms with E-state index >= 15 is 0 Å². The van der Waals surface area contributed by atoms with Crippen molar-refractivity contribution in [2.75, 3.05) is 0 Å². The van der Waals surface area contributed by atoms with Crippen molar-refractivity contribution < 1.29 is 18.0 Å². The van der Waals surface area contributed by atoms with Gasteiger partial charge in [0.25, 0.3) is 0 Å². The van der Waals surface area contributed by atoms with E-state index in [1.807, 2.05) is 0 Å². The van der Waals surface area contributed by atoms with Crippen molar-refractivity contribution in [3.8, 4) is 11.1 Å². The quantitative estimate of drug-likeness (QED) is 0.737. The Kier molecular flexibility index (Phi) is 3.19. The standard InChI is InChI=1S/C14H9F3O/c1-8(18)14-11(3-2-4-12(14)16)10-6-5-9(15)7-13(10)17/h2-7H,1H3. The fourth-order valence-corrected chi connectivity index (χ4v) is 1.81. The number of carbonyl (C=O) groups is 1. The van der Waals surface area contributed by atoms with Crippen LogP contribution >= 0.6 is 0 Å². The molecule has 4 heteroatoms. The molecule has 92 valence electrons. The Labute approximate surface area is 102 Å². The highest BCUT2D eigenvalue weighted by molar-refractivity contribution is 6.01. The molecule has 0 radical (unpaired) electrons. The summed E-state index contributed by atoms with van der Waals surface area (Å²) in [5.41, 5.74) is -0.0656. The highest BCUT2D eigenvalue weighted by Crippen LogP contribution is 2.28. The first-order chi connectivity index (χ1) is 8.50. The Morgan fingerprint density at radius 1 is 0.944 bits per heavy atom. The Morgan fingerprint density at radius 2 is 1.67 bits per heavy atom. The van der Waals surface area contributed by atoms with Gasteiger partial charge < -0.3 is 0 Å². The van der Waals surface area contributed by atoms with Crippen molar-refractivity contribution in [3.63, 3.8) is 0 Å². The second kappa shape index (κ2) is 4.64. The van der Waals surface area contributed by atoms with Crippen LogP contribution in [0.15, 0.2) is 36.4 Å². The van der Waals surface area contributed by atoms with E-state index in [0.717, 1.165) is 12.1 Å². The molecule has 0 saturated carbocycles. The molecule has 0 fully saturated rings. The molecule has 18 heavy (non-hydrogen) atoms. The second-order valence-corrected chi connectivity index (χ2v) is 3.84. The Morgan fingerprint density at radius 3 is 2.28 bits per heavy atom. The maximum atomic E-state index is 13.6. The summed E-state index contributed by atoms with van der Waals surface area (Å²) in [5, 5.41) is 0. The minimum atomic E-state index is -0.830. The van der Waals surface area contributed by atoms with Crippen molar-refractivity contribution in [3.05, 3.63) is 59.4 Å². The largest absolute Gasteiger partial charge is 0.294 e. The highest BCUT2D eigenvalue weighted by atomic mass is 19.1. The number of benzene rings is 2. The monoisotopic (exact) mass is 250 g/mol. The van der Waals surface area contributed by atoms with Gasteiger partial charge in [0, 0.05) is 11.6 Å². The summed E-state index contributed by atoms with van der Waals surface area (Å²) in [7, 11) is 0. The first-order valence-corrected chi connectivity index (χ1v) is 5.25. The van der Waals surface area contributed by atoms with Crippen LogP contribution in [0.3, 0.4) is 0 Å². The molecular weight excluding hydrogens is 241 g/mol. The molecular formula is C14H9F3O. The lowest BCUT2D eigenvalue weighted by Gasteiger charge is -2.09. The van der Waals surface area contributed by atoms with Crippen molar-refractivity contribution in [2.24, 2.45) is 0 Å². The lowest BCUT2D eigenvalue weighted by molar-refractivity contribution is 0.101. The summed E-state index contributed by atoms with van der Waals surface area (Å²) in [6.45, 7) is 1.20. The molecule has 2 aromatic carbocycles. The van der Waals surface area contributed by atoms with E-state index in [1.165, 1.54) is 25.1 Å². The first kappa shape index (κ1) is 12.4. The minimum absolute atomic E-state index is 0.00102. The molecule has 0 aliphatic carbocycles. The average molecular weight is 250 g/mol. The Hall–Kier alpha value is -2.10. The van der Waals surface area contributed by atoms with Crippen molar-refractivity contribution in [1.82, 2.24) is 0 Å². The van der Waals surface area contributed by atoms with E-state index in [-0.39, 0.29) is 16.7 Å². The summed E-state index contributed by atoms with van der Waals surface area (Å²) >= 11 is 0. The molecule has 0 saturated heterocycles. The Bertz CT molecular complexity index is 620. The van der Waals surface area contributed by atoms with Crippen LogP contribution in [-0.4, -0.2) is 5.78 Å². The van der Waals surface area contributed by atoms with Gasteiger partial charge in [-0.1, -0.05) is 12.1 Å². The van der Waals surface area contributed by atoms with Crippen LogP contribution in [0.25, 0.3) is 11.1 Å². The Balaban J connectivity index is 2.71. The number of halogens is 3. The number of hydrogen-bond donors (Lipinski definition) is 0. The van der Waals surface area contributed by atoms with Crippen LogP contribution in [0.4, 0.5) is 13.2 Å². The van der Waals surface area contributed by atoms with Crippen LogP contribution in [0.2, 0.25) is 0 Å². The van der Waals surface area contributed by atoms with E-state index in [0.29, 0.717) is 6.07 Å². The number of hydrogen-bond acceptors (Lipinski definition) is 1. The van der Waals surface area contributed by atoms with Gasteiger partial charge in [0.05, 0.1) is 5.56 Å². The van der Waals surface area contributed by atoms with Gasteiger partial charge >= 0.3 is 0 Å².